The molecule has 0 atom stereocenters. The van der Waals surface area contributed by atoms with Crippen LogP contribution in [0.1, 0.15) is 6.92 Å². The van der Waals surface area contributed by atoms with E-state index in [4.69, 9.17) is 11.6 Å². The van der Waals surface area contributed by atoms with E-state index in [-0.39, 0.29) is 22.4 Å². The molecule has 140 valence electrons. The van der Waals surface area contributed by atoms with E-state index in [1.54, 1.807) is 24.3 Å². The Balaban J connectivity index is 1.70. The number of amides is 1. The van der Waals surface area contributed by atoms with Crippen LogP contribution in [0.15, 0.2) is 47.6 Å². The number of phenols is 1. The number of aromatic nitrogens is 3. The minimum Gasteiger partial charge on any atom is -0.507 e. The summed E-state index contributed by atoms with van der Waals surface area (Å²) in [5.74, 6) is -0.0893. The number of carbonyl (C=O) groups excluding carboxylic acids is 1. The Morgan fingerprint density at radius 3 is 2.78 bits per heavy atom. The molecule has 0 fully saturated rings. The maximum absolute atomic E-state index is 13.2. The number of anilines is 1. The number of aromatic hydroxyl groups is 1. The quantitative estimate of drug-likeness (QED) is 0.600. The molecule has 1 heterocycles. The fourth-order valence-corrected chi connectivity index (χ4v) is 3.43. The van der Waals surface area contributed by atoms with Crippen molar-refractivity contribution in [2.75, 3.05) is 11.1 Å². The van der Waals surface area contributed by atoms with Gasteiger partial charge in [-0.25, -0.2) is 4.39 Å². The lowest BCUT2D eigenvalue weighted by Gasteiger charge is -2.09. The first-order valence-electron chi connectivity index (χ1n) is 8.09. The average Bonchev–Trinajstić information content (AvgIpc) is 3.06. The Labute approximate surface area is 164 Å². The molecule has 0 bridgehead atoms. The number of hydrogen-bond acceptors (Lipinski definition) is 5. The molecule has 9 heteroatoms. The lowest BCUT2D eigenvalue weighted by atomic mass is 10.2. The van der Waals surface area contributed by atoms with Gasteiger partial charge in [-0.1, -0.05) is 35.5 Å². The van der Waals surface area contributed by atoms with Gasteiger partial charge in [0.2, 0.25) is 5.91 Å². The second kappa shape index (κ2) is 8.41. The highest BCUT2D eigenvalue weighted by molar-refractivity contribution is 7.99. The molecule has 3 aromatic rings. The van der Waals surface area contributed by atoms with Gasteiger partial charge in [-0.05, 0) is 37.3 Å². The van der Waals surface area contributed by atoms with Crippen molar-refractivity contribution in [3.63, 3.8) is 0 Å². The number of carbonyl (C=O) groups is 1. The van der Waals surface area contributed by atoms with E-state index < -0.39 is 5.82 Å². The van der Waals surface area contributed by atoms with E-state index >= 15 is 0 Å². The number of nitrogens with zero attached hydrogens (tertiary/aromatic N) is 3. The maximum atomic E-state index is 13.2. The summed E-state index contributed by atoms with van der Waals surface area (Å²) >= 11 is 6.93. The molecule has 27 heavy (non-hydrogen) atoms. The molecule has 0 radical (unpaired) electrons. The van der Waals surface area contributed by atoms with Crippen molar-refractivity contribution in [2.45, 2.75) is 18.6 Å². The Bertz CT molecular complexity index is 980. The van der Waals surface area contributed by atoms with Crippen LogP contribution in [0, 0.1) is 5.82 Å². The molecule has 0 saturated carbocycles. The zero-order valence-corrected chi connectivity index (χ0v) is 15.9. The lowest BCUT2D eigenvalue weighted by Crippen LogP contribution is -2.14. The molecule has 0 saturated heterocycles. The lowest BCUT2D eigenvalue weighted by molar-refractivity contribution is -0.113. The predicted octanol–water partition coefficient (Wildman–Crippen LogP) is 4.19. The molecule has 0 spiro atoms. The summed E-state index contributed by atoms with van der Waals surface area (Å²) < 4.78 is 15.0. The maximum Gasteiger partial charge on any atom is 0.234 e. The van der Waals surface area contributed by atoms with Crippen molar-refractivity contribution < 1.29 is 14.3 Å². The molecule has 6 nitrogen and oxygen atoms in total. The third-order valence-electron chi connectivity index (χ3n) is 3.71. The Kier molecular flexibility index (Phi) is 5.98. The average molecular weight is 407 g/mol. The number of halogens is 2. The van der Waals surface area contributed by atoms with E-state index in [1.807, 2.05) is 11.5 Å². The summed E-state index contributed by atoms with van der Waals surface area (Å²) in [4.78, 5) is 12.1. The van der Waals surface area contributed by atoms with Crippen LogP contribution >= 0.6 is 23.4 Å². The normalized spacial score (nSPS) is 10.8. The molecular weight excluding hydrogens is 391 g/mol. The van der Waals surface area contributed by atoms with E-state index in [2.05, 4.69) is 15.5 Å². The van der Waals surface area contributed by atoms with Crippen LogP contribution in [0.4, 0.5) is 10.1 Å². The number of thioether (sulfide) groups is 1. The van der Waals surface area contributed by atoms with Crippen LogP contribution in [0.2, 0.25) is 5.02 Å². The third kappa shape index (κ3) is 4.40. The topological polar surface area (TPSA) is 80.0 Å². The van der Waals surface area contributed by atoms with Gasteiger partial charge in [0.25, 0.3) is 0 Å². The molecule has 0 aliphatic rings. The highest BCUT2D eigenvalue weighted by Crippen LogP contribution is 2.30. The molecule has 0 aliphatic carbocycles. The summed E-state index contributed by atoms with van der Waals surface area (Å²) in [7, 11) is 0. The highest BCUT2D eigenvalue weighted by atomic mass is 35.5. The van der Waals surface area contributed by atoms with Gasteiger partial charge in [-0.2, -0.15) is 0 Å². The summed E-state index contributed by atoms with van der Waals surface area (Å²) in [6.07, 6.45) is 0. The van der Waals surface area contributed by atoms with Gasteiger partial charge in [0.15, 0.2) is 11.0 Å². The smallest absolute Gasteiger partial charge is 0.234 e. The fourth-order valence-electron chi connectivity index (χ4n) is 2.44. The van der Waals surface area contributed by atoms with Crippen molar-refractivity contribution in [1.29, 1.82) is 0 Å². The highest BCUT2D eigenvalue weighted by Gasteiger charge is 2.17. The SMILES string of the molecule is CCn1c(SCC(=O)Nc2ccc(F)c(Cl)c2)nnc1-c1ccccc1O. The Hall–Kier alpha value is -2.58. The zero-order chi connectivity index (χ0) is 19.4. The Morgan fingerprint density at radius 1 is 1.30 bits per heavy atom. The number of para-hydroxylation sites is 1. The monoisotopic (exact) mass is 406 g/mol. The molecule has 0 unspecified atom stereocenters. The van der Waals surface area contributed by atoms with Crippen LogP contribution < -0.4 is 5.32 Å². The van der Waals surface area contributed by atoms with Crippen molar-refractivity contribution in [3.8, 4) is 17.1 Å². The first kappa shape index (κ1) is 19.2. The van der Waals surface area contributed by atoms with Gasteiger partial charge in [0.05, 0.1) is 16.3 Å². The van der Waals surface area contributed by atoms with Gasteiger partial charge in [0.1, 0.15) is 11.6 Å². The summed E-state index contributed by atoms with van der Waals surface area (Å²) in [5.41, 5.74) is 0.989. The van der Waals surface area contributed by atoms with E-state index in [0.29, 0.717) is 28.8 Å². The standard InChI is InChI=1S/C18H16ClFN4O2S/c1-2-24-17(12-5-3-4-6-15(12)25)22-23-18(24)27-10-16(26)21-11-7-8-14(20)13(19)9-11/h3-9,25H,2,10H2,1H3,(H,21,26). The molecule has 1 amide bonds. The first-order chi connectivity index (χ1) is 13.0. The summed E-state index contributed by atoms with van der Waals surface area (Å²) in [5, 5.41) is 21.5. The van der Waals surface area contributed by atoms with E-state index in [9.17, 15) is 14.3 Å². The number of benzene rings is 2. The van der Waals surface area contributed by atoms with Crippen LogP contribution in [0.3, 0.4) is 0 Å². The van der Waals surface area contributed by atoms with Crippen LogP contribution in [-0.4, -0.2) is 31.5 Å². The molecule has 1 aromatic heterocycles. The van der Waals surface area contributed by atoms with Gasteiger partial charge in [-0.15, -0.1) is 10.2 Å². The second-order valence-electron chi connectivity index (χ2n) is 5.53. The molecule has 2 aromatic carbocycles. The predicted molar refractivity (Wildman–Crippen MR) is 104 cm³/mol. The minimum absolute atomic E-state index is 0.0570. The zero-order valence-electron chi connectivity index (χ0n) is 14.3. The van der Waals surface area contributed by atoms with Crippen molar-refractivity contribution in [2.24, 2.45) is 0 Å². The van der Waals surface area contributed by atoms with E-state index in [1.165, 1.54) is 30.0 Å². The second-order valence-corrected chi connectivity index (χ2v) is 6.88. The molecule has 3 rings (SSSR count). The number of nitrogens with one attached hydrogen (secondary N) is 1. The molecule has 2 N–H and O–H groups in total. The van der Waals surface area contributed by atoms with Gasteiger partial charge in [0, 0.05) is 12.2 Å². The summed E-state index contributed by atoms with van der Waals surface area (Å²) in [6, 6.07) is 10.9. The summed E-state index contributed by atoms with van der Waals surface area (Å²) in [6.45, 7) is 2.51. The number of rotatable bonds is 6. The fraction of sp³-hybridized carbons (Fsp3) is 0.167. The van der Waals surface area contributed by atoms with Crippen molar-refractivity contribution >= 4 is 35.0 Å². The van der Waals surface area contributed by atoms with Crippen LogP contribution in [0.25, 0.3) is 11.4 Å². The minimum atomic E-state index is -0.545. The van der Waals surface area contributed by atoms with Gasteiger partial charge in [-0.3, -0.25) is 4.79 Å². The van der Waals surface area contributed by atoms with Crippen molar-refractivity contribution in [3.05, 3.63) is 53.3 Å². The number of phenolic OH excluding ortho intramolecular Hbond substituents is 1. The largest absolute Gasteiger partial charge is 0.507 e. The van der Waals surface area contributed by atoms with E-state index in [0.717, 1.165) is 0 Å². The van der Waals surface area contributed by atoms with Gasteiger partial charge >= 0.3 is 0 Å². The van der Waals surface area contributed by atoms with Crippen LogP contribution in [0.5, 0.6) is 5.75 Å². The Morgan fingerprint density at radius 2 is 2.07 bits per heavy atom. The molecule has 0 aliphatic heterocycles. The molecular formula is C18H16ClFN4O2S. The third-order valence-corrected chi connectivity index (χ3v) is 4.97. The van der Waals surface area contributed by atoms with Crippen LogP contribution in [-0.2, 0) is 11.3 Å². The first-order valence-corrected chi connectivity index (χ1v) is 9.45. The van der Waals surface area contributed by atoms with Crippen molar-refractivity contribution in [1.82, 2.24) is 14.8 Å². The van der Waals surface area contributed by atoms with Gasteiger partial charge < -0.3 is 15.0 Å². The number of hydrogen-bond donors (Lipinski definition) is 2.